The molecule has 8 aromatic heterocycles. The number of halogens is 2. The Balaban J connectivity index is 0.000000125. The first-order valence-electron chi connectivity index (χ1n) is 13.5. The highest BCUT2D eigenvalue weighted by Gasteiger charge is 2.20. The number of nitrogens with one attached hydrogen (secondary N) is 3. The number of pyridine rings is 4. The van der Waals surface area contributed by atoms with Gasteiger partial charge in [0.25, 0.3) is 0 Å². The molecule has 0 aliphatic heterocycles. The molecule has 17 heteroatoms. The Morgan fingerprint density at radius 2 is 1.48 bits per heavy atom. The second kappa shape index (κ2) is 14.0. The fourth-order valence-electron chi connectivity index (χ4n) is 3.82. The minimum Gasteiger partial charge on any atom is -0.443 e. The summed E-state index contributed by atoms with van der Waals surface area (Å²) in [5.41, 5.74) is 4.90. The van der Waals surface area contributed by atoms with E-state index >= 15 is 0 Å². The van der Waals surface area contributed by atoms with Crippen LogP contribution in [-0.2, 0) is 4.74 Å². The molecule has 15 nitrogen and oxygen atoms in total. The van der Waals surface area contributed by atoms with Crippen molar-refractivity contribution in [2.24, 2.45) is 0 Å². The van der Waals surface area contributed by atoms with Crippen LogP contribution in [0.4, 0.5) is 4.79 Å². The van der Waals surface area contributed by atoms with Crippen molar-refractivity contribution in [2.75, 3.05) is 0 Å². The molecule has 0 atom stereocenters. The Hall–Kier alpha value is -5.67. The van der Waals surface area contributed by atoms with Crippen molar-refractivity contribution < 1.29 is 19.5 Å². The number of aromatic nitrogens is 12. The van der Waals surface area contributed by atoms with Crippen LogP contribution in [-0.4, -0.2) is 71.3 Å². The topological polar surface area (TPSA) is 193 Å². The Kier molecular flexibility index (Phi) is 9.64. The van der Waals surface area contributed by atoms with Gasteiger partial charge in [-0.15, -0.1) is 0 Å². The number of rotatable bonds is 0. The summed E-state index contributed by atoms with van der Waals surface area (Å²) in [6, 6.07) is 10.7. The van der Waals surface area contributed by atoms with Crippen molar-refractivity contribution in [3.05, 3.63) is 96.5 Å². The summed E-state index contributed by atoms with van der Waals surface area (Å²) in [4.78, 5) is 48.4. The van der Waals surface area contributed by atoms with Crippen LogP contribution in [0.25, 0.3) is 44.7 Å². The Labute approximate surface area is 270 Å². The zero-order chi connectivity index (χ0) is 32.7. The van der Waals surface area contributed by atoms with Crippen LogP contribution in [0.15, 0.2) is 86.5 Å². The summed E-state index contributed by atoms with van der Waals surface area (Å²) in [5, 5.41) is 10.2. The second-order valence-corrected chi connectivity index (χ2v) is 11.0. The van der Waals surface area contributed by atoms with Gasteiger partial charge in [-0.2, -0.15) is 0 Å². The summed E-state index contributed by atoms with van der Waals surface area (Å²) >= 11 is 11.7. The van der Waals surface area contributed by atoms with Gasteiger partial charge in [0, 0.05) is 18.6 Å². The standard InChI is InChI=1S/C11H12ClN3O2.C6H4ClN3.C6H5N3O.C6H5N3/c1-11(2,3)17-10(16)15-6-14-8-7(12)4-5-13-9(8)15;7-4-1-2-8-6-5(4)9-3-10-6;10-9-3-1-2-5-6(9)8-4-7-5;1-2-5-6(7-3-1)9-4-8-5/h4-6H,1-3H3;1-3H,(H,8,9,10);1-4,10H;1-4H,(H,7,8,9)/p+1. The molecular weight excluding hydrogens is 635 g/mol. The zero-order valence-corrected chi connectivity index (χ0v) is 26.1. The highest BCUT2D eigenvalue weighted by molar-refractivity contribution is 6.35. The molecule has 0 saturated carbocycles. The molecule has 0 fully saturated rings. The monoisotopic (exact) mass is 661 g/mol. The largest absolute Gasteiger partial charge is 0.443 e. The molecule has 234 valence electrons. The van der Waals surface area contributed by atoms with Gasteiger partial charge in [-0.25, -0.2) is 39.3 Å². The van der Waals surface area contributed by atoms with Gasteiger partial charge >= 0.3 is 11.7 Å². The second-order valence-electron chi connectivity index (χ2n) is 10.2. The molecule has 0 aliphatic carbocycles. The molecule has 0 unspecified atom stereocenters. The van der Waals surface area contributed by atoms with Crippen molar-refractivity contribution in [2.45, 2.75) is 26.4 Å². The first kappa shape index (κ1) is 31.7. The SMILES string of the molecule is CC(C)(C)OC(=O)n1cnc2c(Cl)ccnc21.Clc1ccnc2nc[nH]c12.O[n+]1cccc2[nH]cnc21.c1cnc2nc[nH]c2c1. The number of hydrogen-bond acceptors (Lipinski definition) is 10. The van der Waals surface area contributed by atoms with E-state index < -0.39 is 11.7 Å². The van der Waals surface area contributed by atoms with E-state index in [1.54, 1.807) is 64.0 Å². The van der Waals surface area contributed by atoms with E-state index in [-0.39, 0.29) is 0 Å². The number of carbonyl (C=O) groups excluding carboxylic acids is 1. The number of hydrogen-bond donors (Lipinski definition) is 4. The predicted octanol–water partition coefficient (Wildman–Crippen LogP) is 5.52. The molecule has 0 aliphatic rings. The van der Waals surface area contributed by atoms with Crippen LogP contribution in [0.2, 0.25) is 10.0 Å². The molecule has 0 radical (unpaired) electrons. The smallest absolute Gasteiger partial charge is 0.421 e. The fraction of sp³-hybridized carbons (Fsp3) is 0.138. The lowest BCUT2D eigenvalue weighted by atomic mass is 10.2. The van der Waals surface area contributed by atoms with Crippen LogP contribution in [0.1, 0.15) is 20.8 Å². The number of fused-ring (bicyclic) bond motifs is 4. The van der Waals surface area contributed by atoms with Crippen LogP contribution < -0.4 is 4.73 Å². The molecule has 0 amide bonds. The Morgan fingerprint density at radius 3 is 2.24 bits per heavy atom. The lowest BCUT2D eigenvalue weighted by Gasteiger charge is -2.19. The van der Waals surface area contributed by atoms with E-state index in [0.717, 1.165) is 26.9 Å². The van der Waals surface area contributed by atoms with E-state index in [9.17, 15) is 4.79 Å². The van der Waals surface area contributed by atoms with E-state index in [4.69, 9.17) is 33.1 Å². The van der Waals surface area contributed by atoms with Gasteiger partial charge in [0.15, 0.2) is 16.9 Å². The quantitative estimate of drug-likeness (QED) is 0.119. The molecule has 0 bridgehead atoms. The van der Waals surface area contributed by atoms with Crippen LogP contribution in [0.3, 0.4) is 0 Å². The summed E-state index contributed by atoms with van der Waals surface area (Å²) in [5.74, 6) is 0. The van der Waals surface area contributed by atoms with Crippen molar-refractivity contribution in [1.29, 1.82) is 0 Å². The molecular formula is C29H27Cl2N12O3+. The van der Waals surface area contributed by atoms with Crippen LogP contribution in [0, 0.1) is 0 Å². The van der Waals surface area contributed by atoms with E-state index in [1.807, 2.05) is 18.2 Å². The molecule has 8 heterocycles. The van der Waals surface area contributed by atoms with Gasteiger partial charge in [-0.1, -0.05) is 23.2 Å². The third kappa shape index (κ3) is 7.69. The molecule has 46 heavy (non-hydrogen) atoms. The highest BCUT2D eigenvalue weighted by Crippen LogP contribution is 2.20. The van der Waals surface area contributed by atoms with Gasteiger partial charge in [0.2, 0.25) is 6.33 Å². The number of carbonyl (C=O) groups is 1. The first-order valence-corrected chi connectivity index (χ1v) is 14.3. The normalized spacial score (nSPS) is 10.9. The highest BCUT2D eigenvalue weighted by atomic mass is 35.5. The van der Waals surface area contributed by atoms with Gasteiger partial charge in [-0.3, -0.25) is 0 Å². The number of ether oxygens (including phenoxy) is 1. The minimum absolute atomic E-state index is 0.395. The average molecular weight is 663 g/mol. The molecule has 4 N–H and O–H groups in total. The molecule has 8 rings (SSSR count). The van der Waals surface area contributed by atoms with Crippen molar-refractivity contribution in [3.63, 3.8) is 0 Å². The van der Waals surface area contributed by atoms with Crippen LogP contribution in [0.5, 0.6) is 0 Å². The fourth-order valence-corrected chi connectivity index (χ4v) is 4.20. The maximum atomic E-state index is 11.9. The number of nitrogens with zero attached hydrogens (tertiary/aromatic N) is 9. The number of aromatic amines is 3. The lowest BCUT2D eigenvalue weighted by Crippen LogP contribution is -2.29. The first-order chi connectivity index (χ1) is 22.1. The third-order valence-electron chi connectivity index (χ3n) is 5.80. The van der Waals surface area contributed by atoms with E-state index in [0.29, 0.717) is 32.5 Å². The van der Waals surface area contributed by atoms with Crippen LogP contribution >= 0.6 is 23.2 Å². The van der Waals surface area contributed by atoms with Gasteiger partial charge < -0.3 is 24.9 Å². The van der Waals surface area contributed by atoms with E-state index in [2.05, 4.69) is 49.8 Å². The average Bonchev–Trinajstić information content (AvgIpc) is 3.84. The maximum Gasteiger partial charge on any atom is 0.421 e. The summed E-state index contributed by atoms with van der Waals surface area (Å²) in [6.45, 7) is 5.39. The van der Waals surface area contributed by atoms with Crippen molar-refractivity contribution in [3.8, 4) is 0 Å². The molecule has 8 aromatic rings. The maximum absolute atomic E-state index is 11.9. The predicted molar refractivity (Wildman–Crippen MR) is 170 cm³/mol. The minimum atomic E-state index is -0.563. The zero-order valence-electron chi connectivity index (χ0n) is 24.6. The van der Waals surface area contributed by atoms with E-state index in [1.165, 1.54) is 29.6 Å². The summed E-state index contributed by atoms with van der Waals surface area (Å²) in [7, 11) is 0. The number of H-pyrrole nitrogens is 3. The summed E-state index contributed by atoms with van der Waals surface area (Å²) < 4.78 is 7.45. The Morgan fingerprint density at radius 1 is 0.804 bits per heavy atom. The number of imidazole rings is 4. The summed E-state index contributed by atoms with van der Waals surface area (Å²) in [6.07, 6.45) is 12.0. The lowest BCUT2D eigenvalue weighted by molar-refractivity contribution is -0.885. The molecule has 0 aromatic carbocycles. The molecule has 0 saturated heterocycles. The van der Waals surface area contributed by atoms with Crippen molar-refractivity contribution >= 4 is 74.0 Å². The Bertz CT molecular complexity index is 2120. The van der Waals surface area contributed by atoms with Gasteiger partial charge in [-0.05, 0) is 66.9 Å². The van der Waals surface area contributed by atoms with Crippen molar-refractivity contribution in [1.82, 2.24) is 54.4 Å². The van der Waals surface area contributed by atoms with Gasteiger partial charge in [0.1, 0.15) is 34.7 Å². The van der Waals surface area contributed by atoms with Gasteiger partial charge in [0.05, 0.1) is 28.2 Å². The molecule has 0 spiro atoms. The third-order valence-corrected chi connectivity index (χ3v) is 6.42.